The smallest absolute Gasteiger partial charge is 0.270 e. The molecule has 3 unspecified atom stereocenters. The van der Waals surface area contributed by atoms with E-state index < -0.39 is 17.7 Å². The van der Waals surface area contributed by atoms with Gasteiger partial charge in [-0.05, 0) is 121 Å². The van der Waals surface area contributed by atoms with Gasteiger partial charge in [-0.25, -0.2) is 4.99 Å². The second-order valence-electron chi connectivity index (χ2n) is 29.6. The van der Waals surface area contributed by atoms with Gasteiger partial charge in [-0.3, -0.25) is 14.9 Å². The Bertz CT molecular complexity index is 3450. The van der Waals surface area contributed by atoms with Gasteiger partial charge in [0, 0.05) is 39.2 Å². The van der Waals surface area contributed by atoms with E-state index in [1.165, 1.54) is 273 Å². The summed E-state index contributed by atoms with van der Waals surface area (Å²) in [6.07, 6.45) is 63.9. The van der Waals surface area contributed by atoms with Gasteiger partial charge < -0.3 is 15.1 Å². The van der Waals surface area contributed by atoms with E-state index in [4.69, 9.17) is 0 Å². The number of nitrogens with one attached hydrogen (secondary N) is 3. The Labute approximate surface area is 600 Å². The van der Waals surface area contributed by atoms with E-state index in [9.17, 15) is 14.7 Å². The number of aliphatic hydroxyl groups is 1. The number of H-pyrrole nitrogens is 2. The topological polar surface area (TPSA) is 110 Å². The number of carbonyl (C=O) groups excluding carboxylic acids is 2. The Morgan fingerprint density at radius 3 is 1.09 bits per heavy atom. The van der Waals surface area contributed by atoms with E-state index in [0.29, 0.717) is 17.0 Å². The number of nitrogens with zero attached hydrogens (tertiary/aromatic N) is 1. The van der Waals surface area contributed by atoms with Gasteiger partial charge in [0.25, 0.3) is 5.91 Å². The van der Waals surface area contributed by atoms with E-state index in [1.807, 2.05) is 36.4 Å². The zero-order valence-corrected chi connectivity index (χ0v) is 62.3. The minimum atomic E-state index is -1.59. The summed E-state index contributed by atoms with van der Waals surface area (Å²) in [5.41, 5.74) is 11.0. The molecule has 99 heavy (non-hydrogen) atoms. The van der Waals surface area contributed by atoms with Crippen molar-refractivity contribution in [3.05, 3.63) is 212 Å². The number of aromatic nitrogens is 2. The SMILES string of the molecule is CCCCCCCCCCCCc1ccc(C(=O)C2C=CC(C(O)(c3ccc(CCCCCCCCCCCC)cc3)c3ccc(/C(c4ccc(CCCCCCCCCCCC)cc4)=c4/cc/c(=C(\C5=NC(=O)C=C5)c5ccc(CCCCCCCCCCCC)cc5)[nH]4)[nH]3)N2)cc1. The molecule has 0 saturated heterocycles. The van der Waals surface area contributed by atoms with Crippen molar-refractivity contribution in [1.29, 1.82) is 0 Å². The monoisotopic (exact) mass is 1340 g/mol. The van der Waals surface area contributed by atoms with Crippen LogP contribution >= 0.6 is 0 Å². The molecule has 7 heteroatoms. The molecule has 0 saturated carbocycles. The highest BCUT2D eigenvalue weighted by Crippen LogP contribution is 2.38. The van der Waals surface area contributed by atoms with Gasteiger partial charge >= 0.3 is 0 Å². The Kier molecular flexibility index (Phi) is 36.0. The number of aromatic amines is 2. The van der Waals surface area contributed by atoms with Crippen LogP contribution in [0, 0.1) is 0 Å². The largest absolute Gasteiger partial charge is 0.377 e. The first-order valence-corrected chi connectivity index (χ1v) is 40.7. The molecule has 8 rings (SSSR count). The lowest BCUT2D eigenvalue weighted by Crippen LogP contribution is -2.50. The maximum absolute atomic E-state index is 14.5. The molecule has 0 spiro atoms. The van der Waals surface area contributed by atoms with Gasteiger partial charge in [-0.15, -0.1) is 0 Å². The molecule has 3 atom stereocenters. The first-order valence-electron chi connectivity index (χ1n) is 40.7. The number of rotatable bonds is 53. The molecule has 536 valence electrons. The fourth-order valence-electron chi connectivity index (χ4n) is 15.2. The van der Waals surface area contributed by atoms with Crippen LogP contribution in [0.2, 0.25) is 0 Å². The maximum atomic E-state index is 14.5. The number of amides is 1. The Morgan fingerprint density at radius 2 is 0.717 bits per heavy atom. The fraction of sp³-hybridized carbons (Fsp3) is 0.554. The van der Waals surface area contributed by atoms with Gasteiger partial charge in [0.2, 0.25) is 0 Å². The van der Waals surface area contributed by atoms with Crippen LogP contribution in [-0.4, -0.2) is 44.6 Å². The molecule has 2 aromatic heterocycles. The number of Topliss-reactive ketones (excluding diaryl/α,β-unsaturated/α-hetero) is 1. The minimum absolute atomic E-state index is 0.00438. The summed E-state index contributed by atoms with van der Waals surface area (Å²) in [6, 6.07) is 42.0. The van der Waals surface area contributed by atoms with Crippen molar-refractivity contribution < 1.29 is 14.7 Å². The molecule has 0 aliphatic carbocycles. The number of carbonyl (C=O) groups is 2. The molecule has 2 aliphatic heterocycles. The quantitative estimate of drug-likeness (QED) is 0.0173. The average Bonchev–Trinajstić information content (AvgIpc) is 1.65. The molecule has 0 bridgehead atoms. The van der Waals surface area contributed by atoms with Crippen molar-refractivity contribution >= 4 is 28.5 Å². The number of aryl methyl sites for hydroxylation is 4. The number of unbranched alkanes of at least 4 members (excludes halogenated alkanes) is 36. The number of hydrogen-bond donors (Lipinski definition) is 4. The Balaban J connectivity index is 1.06. The summed E-state index contributed by atoms with van der Waals surface area (Å²) in [5.74, 6) is -0.256. The molecule has 2 aliphatic rings. The van der Waals surface area contributed by atoms with Crippen molar-refractivity contribution in [1.82, 2.24) is 15.3 Å². The van der Waals surface area contributed by atoms with E-state index >= 15 is 0 Å². The standard InChI is InChI=1S/C92H130N4O3/c1-5-9-13-17-21-25-29-33-37-41-45-73-49-57-77(58-50-73)89(81-65-66-82(93-81)90(84-69-72-88(97)96-84)78-59-51-74(52-60-78)46-42-38-34-30-26-22-18-14-10-6-2)83-67-70-86(94-83)92(99,80-63-55-76(56-64-80)48-44-40-36-32-28-24-20-16-12-8-4)87-71-68-85(95-87)91(98)79-61-53-75(54-62-79)47-43-39-35-31-27-23-19-15-11-7-3/h49-72,85,87,93-95,99H,5-48H2,1-4H3/b89-81-,90-82+. The average molecular weight is 1340 g/mol. The number of allylic oxidation sites excluding steroid dienone is 1. The molecular weight excluding hydrogens is 1210 g/mol. The van der Waals surface area contributed by atoms with Crippen molar-refractivity contribution in [2.45, 2.75) is 328 Å². The van der Waals surface area contributed by atoms with Crippen molar-refractivity contribution in [3.8, 4) is 0 Å². The van der Waals surface area contributed by atoms with Gasteiger partial charge in [0.15, 0.2) is 5.78 Å². The molecule has 0 radical (unpaired) electrons. The van der Waals surface area contributed by atoms with Gasteiger partial charge in [-0.2, -0.15) is 0 Å². The van der Waals surface area contributed by atoms with Crippen LogP contribution in [0.3, 0.4) is 0 Å². The third kappa shape index (κ3) is 26.2. The lowest BCUT2D eigenvalue weighted by molar-refractivity contribution is -0.113. The highest BCUT2D eigenvalue weighted by Gasteiger charge is 2.44. The van der Waals surface area contributed by atoms with Gasteiger partial charge in [0.05, 0.1) is 23.5 Å². The number of hydrogen-bond acceptors (Lipinski definition) is 4. The van der Waals surface area contributed by atoms with E-state index in [0.717, 1.165) is 76.3 Å². The van der Waals surface area contributed by atoms with Crippen molar-refractivity contribution in [3.63, 3.8) is 0 Å². The normalized spacial score (nSPS) is 15.7. The summed E-state index contributed by atoms with van der Waals surface area (Å²) in [4.78, 5) is 39.7. The number of ketones is 1. The van der Waals surface area contributed by atoms with Crippen LogP contribution in [0.4, 0.5) is 0 Å². The third-order valence-corrected chi connectivity index (χ3v) is 21.4. The van der Waals surface area contributed by atoms with E-state index in [1.54, 1.807) is 6.08 Å². The van der Waals surface area contributed by atoms with Crippen molar-refractivity contribution in [2.75, 3.05) is 0 Å². The predicted octanol–water partition coefficient (Wildman–Crippen LogP) is 23.2. The second kappa shape index (κ2) is 45.5. The molecule has 6 aromatic rings. The zero-order valence-electron chi connectivity index (χ0n) is 62.3. The lowest BCUT2D eigenvalue weighted by atomic mass is 9.83. The second-order valence-corrected chi connectivity index (χ2v) is 29.6. The first kappa shape index (κ1) is 78.3. The molecule has 7 nitrogen and oxygen atoms in total. The molecule has 0 fully saturated rings. The molecule has 4 aromatic carbocycles. The van der Waals surface area contributed by atoms with Crippen LogP contribution in [-0.2, 0) is 36.1 Å². The van der Waals surface area contributed by atoms with Crippen LogP contribution in [0.25, 0.3) is 11.1 Å². The highest BCUT2D eigenvalue weighted by atomic mass is 16.3. The zero-order chi connectivity index (χ0) is 69.4. The Morgan fingerprint density at radius 1 is 0.374 bits per heavy atom. The summed E-state index contributed by atoms with van der Waals surface area (Å²) >= 11 is 0. The molecule has 4 heterocycles. The van der Waals surface area contributed by atoms with E-state index in [2.05, 4.69) is 151 Å². The molecule has 4 N–H and O–H groups in total. The molecule has 1 amide bonds. The first-order chi connectivity index (χ1) is 48.7. The summed E-state index contributed by atoms with van der Waals surface area (Å²) in [7, 11) is 0. The van der Waals surface area contributed by atoms with Crippen LogP contribution in [0.15, 0.2) is 151 Å². The van der Waals surface area contributed by atoms with Crippen LogP contribution in [0.1, 0.15) is 345 Å². The van der Waals surface area contributed by atoms with Crippen LogP contribution in [0.5, 0.6) is 0 Å². The Hall–Kier alpha value is -6.41. The van der Waals surface area contributed by atoms with Crippen LogP contribution < -0.4 is 16.0 Å². The molecular formula is C92H130N4O3. The number of benzene rings is 4. The third-order valence-electron chi connectivity index (χ3n) is 21.4. The van der Waals surface area contributed by atoms with E-state index in [-0.39, 0.29) is 11.7 Å². The highest BCUT2D eigenvalue weighted by molar-refractivity contribution is 6.34. The summed E-state index contributed by atoms with van der Waals surface area (Å²) in [6.45, 7) is 9.14. The summed E-state index contributed by atoms with van der Waals surface area (Å²) in [5, 5.41) is 19.2. The van der Waals surface area contributed by atoms with Gasteiger partial charge in [-0.1, -0.05) is 368 Å². The fourth-order valence-corrected chi connectivity index (χ4v) is 15.2. The number of aliphatic imine (C=N–C) groups is 1. The van der Waals surface area contributed by atoms with Crippen molar-refractivity contribution in [2.24, 2.45) is 4.99 Å². The summed E-state index contributed by atoms with van der Waals surface area (Å²) < 4.78 is 0. The minimum Gasteiger partial charge on any atom is -0.377 e. The lowest BCUT2D eigenvalue weighted by Gasteiger charge is -2.34. The van der Waals surface area contributed by atoms with Gasteiger partial charge in [0.1, 0.15) is 5.60 Å². The predicted molar refractivity (Wildman–Crippen MR) is 422 cm³/mol. The maximum Gasteiger partial charge on any atom is 0.270 e.